The quantitative estimate of drug-likeness (QED) is 0.849. The number of hydrogen-bond acceptors (Lipinski definition) is 4. The number of nitrogens with zero attached hydrogens (tertiary/aromatic N) is 4. The summed E-state index contributed by atoms with van der Waals surface area (Å²) in [7, 11) is 2.01. The van der Waals surface area contributed by atoms with Crippen LogP contribution in [0.15, 0.2) is 18.3 Å². The van der Waals surface area contributed by atoms with Gasteiger partial charge in [0.15, 0.2) is 0 Å². The highest BCUT2D eigenvalue weighted by atomic mass is 15.3. The third kappa shape index (κ3) is 4.11. The van der Waals surface area contributed by atoms with Crippen molar-refractivity contribution in [1.82, 2.24) is 25.1 Å². The third-order valence-electron chi connectivity index (χ3n) is 3.60. The van der Waals surface area contributed by atoms with Gasteiger partial charge in [-0.05, 0) is 38.4 Å². The van der Waals surface area contributed by atoms with Gasteiger partial charge in [0.2, 0.25) is 0 Å². The van der Waals surface area contributed by atoms with Gasteiger partial charge in [-0.15, -0.1) is 0 Å². The number of nitrogens with one attached hydrogen (secondary N) is 1. The molecule has 1 N–H and O–H groups in total. The average molecular weight is 287 g/mol. The van der Waals surface area contributed by atoms with Crippen LogP contribution >= 0.6 is 0 Å². The number of aryl methyl sites for hydroxylation is 3. The van der Waals surface area contributed by atoms with E-state index in [-0.39, 0.29) is 6.04 Å². The molecule has 0 aliphatic rings. The van der Waals surface area contributed by atoms with Crippen LogP contribution in [0, 0.1) is 6.92 Å². The highest BCUT2D eigenvalue weighted by Gasteiger charge is 2.16. The molecule has 2 heterocycles. The maximum absolute atomic E-state index is 4.58. The smallest absolute Gasteiger partial charge is 0.125 e. The first-order valence-corrected chi connectivity index (χ1v) is 7.68. The monoisotopic (exact) mass is 287 g/mol. The molecule has 0 saturated heterocycles. The Morgan fingerprint density at radius 2 is 2.14 bits per heavy atom. The Balaban J connectivity index is 2.21. The molecule has 0 amide bonds. The number of aromatic nitrogens is 4. The Morgan fingerprint density at radius 3 is 2.76 bits per heavy atom. The largest absolute Gasteiger partial charge is 0.308 e. The van der Waals surface area contributed by atoms with Crippen LogP contribution in [0.1, 0.15) is 49.2 Å². The van der Waals surface area contributed by atoms with Crippen LogP contribution < -0.4 is 5.32 Å². The van der Waals surface area contributed by atoms with E-state index in [0.29, 0.717) is 0 Å². The molecule has 0 radical (unpaired) electrons. The fourth-order valence-corrected chi connectivity index (χ4v) is 2.41. The van der Waals surface area contributed by atoms with E-state index < -0.39 is 0 Å². The summed E-state index contributed by atoms with van der Waals surface area (Å²) in [5.41, 5.74) is 3.42. The van der Waals surface area contributed by atoms with E-state index in [1.165, 1.54) is 5.69 Å². The first-order chi connectivity index (χ1) is 10.1. The molecule has 0 aliphatic carbocycles. The second-order valence-corrected chi connectivity index (χ2v) is 5.34. The minimum atomic E-state index is 0.201. The molecule has 0 spiro atoms. The number of hydrogen-bond donors (Lipinski definition) is 1. The maximum atomic E-state index is 4.58. The Morgan fingerprint density at radius 1 is 1.33 bits per heavy atom. The van der Waals surface area contributed by atoms with Gasteiger partial charge in [0.05, 0.1) is 17.4 Å². The molecular formula is C16H25N5. The first kappa shape index (κ1) is 15.6. The second kappa shape index (κ2) is 7.31. The fourth-order valence-electron chi connectivity index (χ4n) is 2.41. The maximum Gasteiger partial charge on any atom is 0.125 e. The lowest BCUT2D eigenvalue weighted by molar-refractivity contribution is 0.500. The van der Waals surface area contributed by atoms with Gasteiger partial charge in [0.1, 0.15) is 5.82 Å². The van der Waals surface area contributed by atoms with Gasteiger partial charge >= 0.3 is 0 Å². The second-order valence-electron chi connectivity index (χ2n) is 5.34. The summed E-state index contributed by atoms with van der Waals surface area (Å²) < 4.78 is 1.98. The van der Waals surface area contributed by atoms with E-state index >= 15 is 0 Å². The zero-order valence-corrected chi connectivity index (χ0v) is 13.4. The van der Waals surface area contributed by atoms with E-state index in [0.717, 1.165) is 43.0 Å². The first-order valence-electron chi connectivity index (χ1n) is 7.68. The van der Waals surface area contributed by atoms with Crippen molar-refractivity contribution in [1.29, 1.82) is 0 Å². The lowest BCUT2D eigenvalue weighted by Crippen LogP contribution is -2.26. The van der Waals surface area contributed by atoms with Crippen LogP contribution in [0.5, 0.6) is 0 Å². The van der Waals surface area contributed by atoms with Gasteiger partial charge in [-0.2, -0.15) is 5.10 Å². The molecule has 5 nitrogen and oxygen atoms in total. The Hall–Kier alpha value is -1.75. The summed E-state index contributed by atoms with van der Waals surface area (Å²) >= 11 is 0. The van der Waals surface area contributed by atoms with Crippen LogP contribution in [0.2, 0.25) is 0 Å². The highest BCUT2D eigenvalue weighted by molar-refractivity contribution is 5.16. The van der Waals surface area contributed by atoms with Crippen molar-refractivity contribution in [3.63, 3.8) is 0 Å². The highest BCUT2D eigenvalue weighted by Crippen LogP contribution is 2.17. The van der Waals surface area contributed by atoms with Crippen molar-refractivity contribution < 1.29 is 0 Å². The van der Waals surface area contributed by atoms with Crippen LogP contribution in [0.25, 0.3) is 0 Å². The molecular weight excluding hydrogens is 262 g/mol. The predicted octanol–water partition coefficient (Wildman–Crippen LogP) is 2.36. The minimum absolute atomic E-state index is 0.201. The van der Waals surface area contributed by atoms with Crippen molar-refractivity contribution in [3.05, 3.63) is 41.2 Å². The SMILES string of the molecule is CCCNC(Cc1cc(CC)nn1C)c1ccnc(C)n1. The molecule has 21 heavy (non-hydrogen) atoms. The normalized spacial score (nSPS) is 12.6. The topological polar surface area (TPSA) is 55.6 Å². The van der Waals surface area contributed by atoms with Gasteiger partial charge < -0.3 is 5.32 Å². The van der Waals surface area contributed by atoms with Crippen molar-refractivity contribution in [2.24, 2.45) is 7.05 Å². The number of rotatable bonds is 7. The molecule has 0 bridgehead atoms. The lowest BCUT2D eigenvalue weighted by Gasteiger charge is -2.18. The molecule has 2 rings (SSSR count). The predicted molar refractivity (Wildman–Crippen MR) is 84.1 cm³/mol. The lowest BCUT2D eigenvalue weighted by atomic mass is 10.1. The fraction of sp³-hybridized carbons (Fsp3) is 0.562. The summed E-state index contributed by atoms with van der Waals surface area (Å²) in [4.78, 5) is 8.76. The molecule has 0 saturated carbocycles. The zero-order valence-electron chi connectivity index (χ0n) is 13.4. The van der Waals surface area contributed by atoms with Crippen molar-refractivity contribution in [3.8, 4) is 0 Å². The van der Waals surface area contributed by atoms with Crippen molar-refractivity contribution in [2.45, 2.75) is 46.1 Å². The van der Waals surface area contributed by atoms with Crippen LogP contribution in [0.3, 0.4) is 0 Å². The van der Waals surface area contributed by atoms with E-state index in [2.05, 4.69) is 40.3 Å². The average Bonchev–Trinajstić information content (AvgIpc) is 2.83. The molecule has 2 aromatic heterocycles. The van der Waals surface area contributed by atoms with Gasteiger partial charge in [0, 0.05) is 25.4 Å². The van der Waals surface area contributed by atoms with E-state index in [1.807, 2.05) is 30.9 Å². The summed E-state index contributed by atoms with van der Waals surface area (Å²) in [5, 5.41) is 8.11. The van der Waals surface area contributed by atoms with E-state index in [9.17, 15) is 0 Å². The summed E-state index contributed by atoms with van der Waals surface area (Å²) in [6.45, 7) is 7.22. The van der Waals surface area contributed by atoms with E-state index in [1.54, 1.807) is 0 Å². The van der Waals surface area contributed by atoms with Gasteiger partial charge in [-0.3, -0.25) is 4.68 Å². The Bertz CT molecular complexity index is 576. The van der Waals surface area contributed by atoms with Crippen LogP contribution in [0.4, 0.5) is 0 Å². The van der Waals surface area contributed by atoms with Crippen molar-refractivity contribution >= 4 is 0 Å². The summed E-state index contributed by atoms with van der Waals surface area (Å²) in [6, 6.07) is 4.39. The van der Waals surface area contributed by atoms with Crippen LogP contribution in [-0.4, -0.2) is 26.3 Å². The van der Waals surface area contributed by atoms with E-state index in [4.69, 9.17) is 0 Å². The Kier molecular flexibility index (Phi) is 5.44. The van der Waals surface area contributed by atoms with Crippen molar-refractivity contribution in [2.75, 3.05) is 6.54 Å². The zero-order chi connectivity index (χ0) is 15.2. The molecule has 0 aromatic carbocycles. The summed E-state index contributed by atoms with van der Waals surface area (Å²) in [6.07, 6.45) is 4.79. The molecule has 5 heteroatoms. The molecule has 1 atom stereocenters. The standard InChI is InChI=1S/C16H25N5/c1-5-8-18-16(15-7-9-17-12(3)19-15)11-14-10-13(6-2)20-21(14)4/h7,9-10,16,18H,5-6,8,11H2,1-4H3. The summed E-state index contributed by atoms with van der Waals surface area (Å²) in [5.74, 6) is 0.815. The minimum Gasteiger partial charge on any atom is -0.308 e. The molecule has 0 fully saturated rings. The van der Waals surface area contributed by atoms with Gasteiger partial charge in [-0.1, -0.05) is 13.8 Å². The van der Waals surface area contributed by atoms with Crippen LogP contribution in [-0.2, 0) is 19.9 Å². The molecule has 0 aliphatic heterocycles. The molecule has 1 unspecified atom stereocenters. The third-order valence-corrected chi connectivity index (χ3v) is 3.60. The van der Waals surface area contributed by atoms with Gasteiger partial charge in [-0.25, -0.2) is 9.97 Å². The molecule has 114 valence electrons. The van der Waals surface area contributed by atoms with Gasteiger partial charge in [0.25, 0.3) is 0 Å². The molecule has 2 aromatic rings. The Labute approximate surface area is 126 Å².